The Balaban J connectivity index is 1.59. The van der Waals surface area contributed by atoms with Gasteiger partial charge in [-0.1, -0.05) is 18.9 Å². The van der Waals surface area contributed by atoms with Crippen LogP contribution in [0.4, 0.5) is 16.0 Å². The lowest BCUT2D eigenvalue weighted by atomic mass is 9.79. The number of hydrogen-bond acceptors (Lipinski definition) is 6. The number of rotatable bonds is 6. The first-order valence-corrected chi connectivity index (χ1v) is 11.6. The fraction of sp³-hybridized carbons (Fsp3) is 0.440. The second-order valence-corrected chi connectivity index (χ2v) is 8.79. The largest absolute Gasteiger partial charge is 0.373 e. The van der Waals surface area contributed by atoms with Gasteiger partial charge in [-0.05, 0) is 49.3 Å². The molecule has 2 aromatic rings. The highest BCUT2D eigenvalue weighted by atomic mass is 19.1. The number of nitrogens with one attached hydrogen (secondary N) is 2. The van der Waals surface area contributed by atoms with Crippen molar-refractivity contribution in [3.05, 3.63) is 57.9 Å². The van der Waals surface area contributed by atoms with Crippen molar-refractivity contribution in [2.75, 3.05) is 18.5 Å². The van der Waals surface area contributed by atoms with Crippen LogP contribution >= 0.6 is 0 Å². The lowest BCUT2D eigenvalue weighted by molar-refractivity contribution is -0.117. The first-order chi connectivity index (χ1) is 16.1. The van der Waals surface area contributed by atoms with Gasteiger partial charge in [-0.25, -0.2) is 19.3 Å². The molecule has 1 amide bonds. The van der Waals surface area contributed by atoms with E-state index >= 15 is 4.39 Å². The molecule has 2 aromatic heterocycles. The number of halogens is 1. The van der Waals surface area contributed by atoms with E-state index in [1.807, 2.05) is 6.92 Å². The van der Waals surface area contributed by atoms with Gasteiger partial charge < -0.3 is 15.4 Å². The predicted octanol–water partition coefficient (Wildman–Crippen LogP) is 4.55. The molecule has 1 atom stereocenters. The molecule has 2 N–H and O–H groups in total. The summed E-state index contributed by atoms with van der Waals surface area (Å²) in [6.45, 7) is 5.43. The molecule has 1 unspecified atom stereocenters. The first kappa shape index (κ1) is 21.7. The van der Waals surface area contributed by atoms with Crippen LogP contribution < -0.4 is 10.6 Å². The van der Waals surface area contributed by atoms with E-state index in [2.05, 4.69) is 32.5 Å². The maximum atomic E-state index is 16.0. The third-order valence-electron chi connectivity index (χ3n) is 6.67. The van der Waals surface area contributed by atoms with Gasteiger partial charge in [-0.2, -0.15) is 0 Å². The Bertz CT molecular complexity index is 1170. The molecule has 1 fully saturated rings. The number of aryl methyl sites for hydroxylation is 1. The normalized spacial score (nSPS) is 20.3. The number of carbonyl (C=O) groups is 1. The summed E-state index contributed by atoms with van der Waals surface area (Å²) in [5.74, 6) is 0.177. The van der Waals surface area contributed by atoms with Crippen molar-refractivity contribution in [3.8, 4) is 0 Å². The maximum Gasteiger partial charge on any atom is 0.251 e. The van der Waals surface area contributed by atoms with Crippen molar-refractivity contribution in [2.45, 2.75) is 58.5 Å². The van der Waals surface area contributed by atoms with E-state index in [4.69, 9.17) is 4.74 Å². The molecule has 33 heavy (non-hydrogen) atoms. The molecule has 0 bridgehead atoms. The summed E-state index contributed by atoms with van der Waals surface area (Å²) in [6, 6.07) is 0. The fourth-order valence-corrected chi connectivity index (χ4v) is 4.93. The molecule has 0 aromatic carbocycles. The molecule has 0 spiro atoms. The molecule has 1 saturated heterocycles. The average molecular weight is 450 g/mol. The highest BCUT2D eigenvalue weighted by Gasteiger charge is 2.31. The monoisotopic (exact) mass is 449 g/mol. The second kappa shape index (κ2) is 9.02. The van der Waals surface area contributed by atoms with Crippen molar-refractivity contribution in [1.82, 2.24) is 20.3 Å². The van der Waals surface area contributed by atoms with Gasteiger partial charge in [0.15, 0.2) is 11.6 Å². The van der Waals surface area contributed by atoms with E-state index < -0.39 is 5.82 Å². The van der Waals surface area contributed by atoms with E-state index in [9.17, 15) is 4.79 Å². The maximum absolute atomic E-state index is 16.0. The van der Waals surface area contributed by atoms with Gasteiger partial charge in [0.2, 0.25) is 0 Å². The van der Waals surface area contributed by atoms with Gasteiger partial charge >= 0.3 is 0 Å². The number of ether oxygens (including phenoxy) is 1. The second-order valence-electron chi connectivity index (χ2n) is 8.79. The summed E-state index contributed by atoms with van der Waals surface area (Å²) in [6.07, 6.45) is 9.41. The van der Waals surface area contributed by atoms with Gasteiger partial charge in [0.25, 0.3) is 5.91 Å². The van der Waals surface area contributed by atoms with Crippen molar-refractivity contribution in [3.63, 3.8) is 0 Å². The number of anilines is 2. The van der Waals surface area contributed by atoms with Gasteiger partial charge in [0.1, 0.15) is 12.1 Å². The summed E-state index contributed by atoms with van der Waals surface area (Å²) >= 11 is 0. The van der Waals surface area contributed by atoms with Gasteiger partial charge in [0.05, 0.1) is 12.7 Å². The minimum absolute atomic E-state index is 0.0512. The zero-order valence-electron chi connectivity index (χ0n) is 19.0. The van der Waals surface area contributed by atoms with Gasteiger partial charge in [-0.15, -0.1) is 0 Å². The average Bonchev–Trinajstić information content (AvgIpc) is 2.77. The highest BCUT2D eigenvalue weighted by molar-refractivity contribution is 6.02. The van der Waals surface area contributed by atoms with Crippen LogP contribution in [-0.2, 0) is 16.0 Å². The molecule has 8 heteroatoms. The van der Waals surface area contributed by atoms with E-state index in [1.54, 1.807) is 12.4 Å². The Hall–Kier alpha value is -3.13. The third-order valence-corrected chi connectivity index (χ3v) is 6.67. The zero-order chi connectivity index (χ0) is 22.9. The predicted molar refractivity (Wildman–Crippen MR) is 123 cm³/mol. The highest BCUT2D eigenvalue weighted by Crippen LogP contribution is 2.42. The number of allylic oxidation sites excluding steroid dienone is 1. The number of amides is 1. The molecule has 172 valence electrons. The minimum atomic E-state index is -0.401. The van der Waals surface area contributed by atoms with Crippen LogP contribution in [0.2, 0.25) is 0 Å². The number of fused-ring (bicyclic) bond motifs is 1. The number of nitrogens with zero attached hydrogens (tertiary/aromatic N) is 3. The molecule has 1 aliphatic carbocycles. The van der Waals surface area contributed by atoms with Crippen molar-refractivity contribution in [1.29, 1.82) is 0 Å². The lowest BCUT2D eigenvalue weighted by Gasteiger charge is -2.29. The topological polar surface area (TPSA) is 89.0 Å². The van der Waals surface area contributed by atoms with Crippen LogP contribution in [0.3, 0.4) is 0 Å². The molecule has 7 nitrogen and oxygen atoms in total. The Kier molecular flexibility index (Phi) is 5.93. The van der Waals surface area contributed by atoms with Crippen LogP contribution in [0.15, 0.2) is 35.4 Å². The van der Waals surface area contributed by atoms with Crippen LogP contribution in [-0.4, -0.2) is 34.0 Å². The van der Waals surface area contributed by atoms with Crippen molar-refractivity contribution in [2.24, 2.45) is 0 Å². The molecule has 4 heterocycles. The quantitative estimate of drug-likeness (QED) is 0.673. The van der Waals surface area contributed by atoms with Gasteiger partial charge in [-0.3, -0.25) is 4.79 Å². The molecule has 0 radical (unpaired) electrons. The van der Waals surface area contributed by atoms with Crippen LogP contribution in [0.5, 0.6) is 0 Å². The summed E-state index contributed by atoms with van der Waals surface area (Å²) in [4.78, 5) is 25.5. The molecular weight excluding hydrogens is 421 g/mol. The van der Waals surface area contributed by atoms with Crippen molar-refractivity contribution >= 4 is 23.1 Å². The molecular formula is C25H28FN5O2. The number of carbonyl (C=O) groups excluding carboxylic acids is 1. The summed E-state index contributed by atoms with van der Waals surface area (Å²) in [5, 5.41) is 6.04. The number of hydrogen-bond donors (Lipinski definition) is 2. The molecule has 0 saturated carbocycles. The lowest BCUT2D eigenvalue weighted by Crippen LogP contribution is -2.32. The van der Waals surface area contributed by atoms with E-state index in [1.165, 1.54) is 6.33 Å². The van der Waals surface area contributed by atoms with Crippen LogP contribution in [0, 0.1) is 5.82 Å². The number of pyridine rings is 1. The Morgan fingerprint density at radius 1 is 1.21 bits per heavy atom. The molecule has 3 aliphatic rings. The Labute approximate surface area is 192 Å². The van der Waals surface area contributed by atoms with E-state index in [0.29, 0.717) is 43.8 Å². The van der Waals surface area contributed by atoms with Gasteiger partial charge in [0, 0.05) is 42.1 Å². The fourth-order valence-electron chi connectivity index (χ4n) is 4.93. The summed E-state index contributed by atoms with van der Waals surface area (Å²) < 4.78 is 21.6. The van der Waals surface area contributed by atoms with E-state index in [-0.39, 0.29) is 17.8 Å². The standard InChI is InChI=1S/C25H28FN5O2/c1-3-4-16-17(20-14(2)7-9-28-25(20)32)6-5-15-11-29-24(22(26)21(15)16)31-23-18(12-27-13-30-23)19-8-10-33-19/h11-13,19H,3-10H2,1-2H3,(H,28,32)(H,27,29,30,31). The van der Waals surface area contributed by atoms with Crippen LogP contribution in [0.1, 0.15) is 68.7 Å². The Morgan fingerprint density at radius 3 is 2.79 bits per heavy atom. The SMILES string of the molecule is CCCC1=C(C2=C(C)CCNC2=O)CCc2cnc(Nc3ncncc3C3CCO3)c(F)c21. The zero-order valence-corrected chi connectivity index (χ0v) is 19.0. The van der Waals surface area contributed by atoms with Crippen LogP contribution in [0.25, 0.3) is 5.57 Å². The third kappa shape index (κ3) is 3.93. The Morgan fingerprint density at radius 2 is 2.06 bits per heavy atom. The number of aromatic nitrogens is 3. The summed E-state index contributed by atoms with van der Waals surface area (Å²) in [7, 11) is 0. The summed E-state index contributed by atoms with van der Waals surface area (Å²) in [5.41, 5.74) is 5.95. The molecule has 2 aliphatic heterocycles. The van der Waals surface area contributed by atoms with E-state index in [0.717, 1.165) is 52.7 Å². The van der Waals surface area contributed by atoms with Crippen molar-refractivity contribution < 1.29 is 13.9 Å². The minimum Gasteiger partial charge on any atom is -0.373 e. The smallest absolute Gasteiger partial charge is 0.251 e. The first-order valence-electron chi connectivity index (χ1n) is 11.6. The molecule has 5 rings (SSSR count).